The number of carboxylic acids is 1. The van der Waals surface area contributed by atoms with E-state index < -0.39 is 12.0 Å². The van der Waals surface area contributed by atoms with Crippen molar-refractivity contribution in [1.29, 1.82) is 0 Å². The van der Waals surface area contributed by atoms with Gasteiger partial charge in [-0.3, -0.25) is 14.5 Å². The molecule has 2 aliphatic heterocycles. The van der Waals surface area contributed by atoms with E-state index in [4.69, 9.17) is 0 Å². The number of nitrogens with zero attached hydrogens (tertiary/aromatic N) is 2. The molecule has 0 radical (unpaired) electrons. The summed E-state index contributed by atoms with van der Waals surface area (Å²) in [6, 6.07) is 4.66. The molecule has 26 heavy (non-hydrogen) atoms. The van der Waals surface area contributed by atoms with Crippen molar-refractivity contribution in [3.05, 3.63) is 29.3 Å². The number of amides is 1. The topological polar surface area (TPSA) is 81.1 Å². The first kappa shape index (κ1) is 18.7. The molecular formula is C20H28N2O4. The molecule has 2 fully saturated rings. The van der Waals surface area contributed by atoms with Crippen molar-refractivity contribution in [1.82, 2.24) is 9.80 Å². The van der Waals surface area contributed by atoms with Gasteiger partial charge in [-0.2, -0.15) is 0 Å². The molecule has 0 aliphatic carbocycles. The largest absolute Gasteiger partial charge is 0.507 e. The fraction of sp³-hybridized carbons (Fsp3) is 0.600. The van der Waals surface area contributed by atoms with E-state index in [-0.39, 0.29) is 17.1 Å². The molecule has 1 amide bonds. The zero-order chi connectivity index (χ0) is 18.9. The molecule has 2 aliphatic rings. The summed E-state index contributed by atoms with van der Waals surface area (Å²) >= 11 is 0. The Labute approximate surface area is 154 Å². The first-order valence-electron chi connectivity index (χ1n) is 9.41. The first-order valence-corrected chi connectivity index (χ1v) is 9.41. The molecule has 2 heterocycles. The first-order chi connectivity index (χ1) is 12.3. The predicted octanol–water partition coefficient (Wildman–Crippen LogP) is 2.49. The molecule has 1 aromatic carbocycles. The Balaban J connectivity index is 1.68. The van der Waals surface area contributed by atoms with Crippen molar-refractivity contribution in [2.45, 2.75) is 45.6 Å². The minimum absolute atomic E-state index is 0.0103. The molecule has 1 atom stereocenters. The highest BCUT2D eigenvalue weighted by molar-refractivity contribution is 5.97. The number of carbonyl (C=O) groups is 2. The number of likely N-dealkylation sites (tertiary alicyclic amines) is 2. The van der Waals surface area contributed by atoms with Gasteiger partial charge in [0, 0.05) is 19.6 Å². The Morgan fingerprint density at radius 1 is 1.27 bits per heavy atom. The van der Waals surface area contributed by atoms with Crippen LogP contribution in [0.3, 0.4) is 0 Å². The van der Waals surface area contributed by atoms with Gasteiger partial charge in [-0.25, -0.2) is 0 Å². The minimum Gasteiger partial charge on any atom is -0.507 e. The molecular weight excluding hydrogens is 332 g/mol. The van der Waals surface area contributed by atoms with E-state index in [1.54, 1.807) is 23.1 Å². The molecule has 0 saturated carbocycles. The summed E-state index contributed by atoms with van der Waals surface area (Å²) in [5.41, 5.74) is 1.28. The molecule has 6 heteroatoms. The number of benzene rings is 1. The SMILES string of the molecule is CCCN1CC2(CCN(C(=O)c3cc(C)ccc3O)CC2)C[C@H]1C(=O)O. The maximum absolute atomic E-state index is 12.8. The summed E-state index contributed by atoms with van der Waals surface area (Å²) in [6.45, 7) is 6.79. The number of phenolic OH excluding ortho intramolecular Hbond substituents is 1. The van der Waals surface area contributed by atoms with Gasteiger partial charge in [-0.1, -0.05) is 18.6 Å². The van der Waals surface area contributed by atoms with E-state index in [0.29, 0.717) is 25.1 Å². The number of phenols is 1. The maximum atomic E-state index is 12.8. The van der Waals surface area contributed by atoms with Gasteiger partial charge in [0.05, 0.1) is 5.56 Å². The molecule has 2 saturated heterocycles. The lowest BCUT2D eigenvalue weighted by Crippen LogP contribution is -2.44. The number of hydrogen-bond donors (Lipinski definition) is 2. The maximum Gasteiger partial charge on any atom is 0.320 e. The van der Waals surface area contributed by atoms with E-state index in [1.807, 2.05) is 6.92 Å². The minimum atomic E-state index is -0.737. The molecule has 1 spiro atoms. The van der Waals surface area contributed by atoms with Crippen molar-refractivity contribution in [2.75, 3.05) is 26.2 Å². The lowest BCUT2D eigenvalue weighted by molar-refractivity contribution is -0.142. The molecule has 2 N–H and O–H groups in total. The number of rotatable bonds is 4. The zero-order valence-electron chi connectivity index (χ0n) is 15.6. The van der Waals surface area contributed by atoms with Crippen LogP contribution in [0.2, 0.25) is 0 Å². The summed E-state index contributed by atoms with van der Waals surface area (Å²) in [6.07, 6.45) is 3.24. The van der Waals surface area contributed by atoms with E-state index in [1.165, 1.54) is 0 Å². The molecule has 6 nitrogen and oxygen atoms in total. The molecule has 0 aromatic heterocycles. The highest BCUT2D eigenvalue weighted by Crippen LogP contribution is 2.43. The number of aromatic hydroxyl groups is 1. The van der Waals surface area contributed by atoms with E-state index in [2.05, 4.69) is 11.8 Å². The second-order valence-corrected chi connectivity index (χ2v) is 7.84. The Morgan fingerprint density at radius 3 is 2.58 bits per heavy atom. The van der Waals surface area contributed by atoms with Crippen LogP contribution in [-0.4, -0.2) is 64.1 Å². The fourth-order valence-electron chi connectivity index (χ4n) is 4.45. The standard InChI is InChI=1S/C20H28N2O4/c1-3-8-22-13-20(12-16(22)19(25)26)6-9-21(10-7-20)18(24)15-11-14(2)4-5-17(15)23/h4-5,11,16,23H,3,6-10,12-13H2,1-2H3,(H,25,26)/t16-/m0/s1. The average Bonchev–Trinajstić information content (AvgIpc) is 2.96. The highest BCUT2D eigenvalue weighted by atomic mass is 16.4. The van der Waals surface area contributed by atoms with Crippen LogP contribution in [0.15, 0.2) is 18.2 Å². The van der Waals surface area contributed by atoms with E-state index >= 15 is 0 Å². The van der Waals surface area contributed by atoms with Gasteiger partial charge < -0.3 is 15.1 Å². The van der Waals surface area contributed by atoms with Crippen LogP contribution in [0, 0.1) is 12.3 Å². The summed E-state index contributed by atoms with van der Waals surface area (Å²) < 4.78 is 0. The van der Waals surface area contributed by atoms with Crippen molar-refractivity contribution < 1.29 is 19.8 Å². The van der Waals surface area contributed by atoms with Crippen LogP contribution in [0.4, 0.5) is 0 Å². The number of aliphatic carboxylic acids is 1. The molecule has 0 bridgehead atoms. The Kier molecular flexibility index (Phi) is 5.23. The summed E-state index contributed by atoms with van der Waals surface area (Å²) in [4.78, 5) is 28.3. The lowest BCUT2D eigenvalue weighted by Gasteiger charge is -2.39. The number of aryl methyl sites for hydroxylation is 1. The average molecular weight is 360 g/mol. The highest BCUT2D eigenvalue weighted by Gasteiger charge is 2.48. The van der Waals surface area contributed by atoms with Crippen LogP contribution in [0.25, 0.3) is 0 Å². The molecule has 142 valence electrons. The van der Waals surface area contributed by atoms with Gasteiger partial charge in [-0.05, 0) is 56.7 Å². The van der Waals surface area contributed by atoms with Gasteiger partial charge in [0.25, 0.3) is 5.91 Å². The fourth-order valence-corrected chi connectivity index (χ4v) is 4.45. The van der Waals surface area contributed by atoms with Crippen LogP contribution >= 0.6 is 0 Å². The Bertz CT molecular complexity index is 695. The van der Waals surface area contributed by atoms with Crippen molar-refractivity contribution in [3.63, 3.8) is 0 Å². The van der Waals surface area contributed by atoms with Crippen molar-refractivity contribution in [2.24, 2.45) is 5.41 Å². The Hall–Kier alpha value is -2.08. The third kappa shape index (κ3) is 3.56. The quantitative estimate of drug-likeness (QED) is 0.862. The van der Waals surface area contributed by atoms with Crippen LogP contribution in [0.5, 0.6) is 5.75 Å². The van der Waals surface area contributed by atoms with Crippen LogP contribution < -0.4 is 0 Å². The van der Waals surface area contributed by atoms with Crippen molar-refractivity contribution >= 4 is 11.9 Å². The summed E-state index contributed by atoms with van der Waals surface area (Å²) in [7, 11) is 0. The molecule has 0 unspecified atom stereocenters. The number of piperidine rings is 1. The molecule has 1 aromatic rings. The number of carbonyl (C=O) groups excluding carboxylic acids is 1. The van der Waals surface area contributed by atoms with Crippen LogP contribution in [0.1, 0.15) is 48.5 Å². The van der Waals surface area contributed by atoms with E-state index in [9.17, 15) is 19.8 Å². The molecule has 3 rings (SSSR count). The number of hydrogen-bond acceptors (Lipinski definition) is 4. The second kappa shape index (κ2) is 7.27. The summed E-state index contributed by atoms with van der Waals surface area (Å²) in [5, 5.41) is 19.5. The zero-order valence-corrected chi connectivity index (χ0v) is 15.6. The van der Waals surface area contributed by atoms with Gasteiger partial charge in [0.15, 0.2) is 0 Å². The smallest absolute Gasteiger partial charge is 0.320 e. The van der Waals surface area contributed by atoms with Gasteiger partial charge in [0.1, 0.15) is 11.8 Å². The van der Waals surface area contributed by atoms with Gasteiger partial charge >= 0.3 is 5.97 Å². The Morgan fingerprint density at radius 2 is 1.96 bits per heavy atom. The number of carboxylic acid groups (broad SMARTS) is 1. The third-order valence-electron chi connectivity index (χ3n) is 5.90. The van der Waals surface area contributed by atoms with Crippen molar-refractivity contribution in [3.8, 4) is 5.75 Å². The normalized spacial score (nSPS) is 22.7. The van der Waals surface area contributed by atoms with Crippen LogP contribution in [-0.2, 0) is 4.79 Å². The predicted molar refractivity (Wildman–Crippen MR) is 98.3 cm³/mol. The van der Waals surface area contributed by atoms with Gasteiger partial charge in [-0.15, -0.1) is 0 Å². The monoisotopic (exact) mass is 360 g/mol. The second-order valence-electron chi connectivity index (χ2n) is 7.84. The lowest BCUT2D eigenvalue weighted by atomic mass is 9.76. The van der Waals surface area contributed by atoms with Gasteiger partial charge in [0.2, 0.25) is 0 Å². The third-order valence-corrected chi connectivity index (χ3v) is 5.90. The summed E-state index contributed by atoms with van der Waals surface area (Å²) in [5.74, 6) is -0.862. The van der Waals surface area contributed by atoms with E-state index in [0.717, 1.165) is 37.9 Å².